The van der Waals surface area contributed by atoms with E-state index in [2.05, 4.69) is 4.98 Å². The molecule has 0 saturated heterocycles. The maximum absolute atomic E-state index is 5.57. The van der Waals surface area contributed by atoms with Crippen molar-refractivity contribution in [2.24, 2.45) is 0 Å². The van der Waals surface area contributed by atoms with Crippen LogP contribution in [0.15, 0.2) is 12.3 Å². The number of nitrogens with zero attached hydrogens (tertiary/aromatic N) is 2. The minimum atomic E-state index is 0.524. The predicted octanol–water partition coefficient (Wildman–Crippen LogP) is 0.312. The zero-order valence-electron chi connectivity index (χ0n) is 6.70. The molecule has 0 amide bonds. The van der Waals surface area contributed by atoms with E-state index < -0.39 is 0 Å². The zero-order valence-corrected chi connectivity index (χ0v) is 6.70. The van der Waals surface area contributed by atoms with E-state index in [0.717, 1.165) is 5.82 Å². The highest BCUT2D eigenvalue weighted by Gasteiger charge is 1.99. The van der Waals surface area contributed by atoms with Gasteiger partial charge >= 0.3 is 0 Å². The number of nitrogen functional groups attached to an aromatic ring is 2. The second-order valence-corrected chi connectivity index (χ2v) is 2.57. The van der Waals surface area contributed by atoms with Crippen molar-refractivity contribution >= 4 is 17.2 Å². The van der Waals surface area contributed by atoms with Gasteiger partial charge in [-0.25, -0.2) is 4.98 Å². The molecule has 0 aliphatic rings. The lowest BCUT2D eigenvalue weighted by Gasteiger charge is -2.11. The monoisotopic (exact) mass is 152 g/mol. The first-order chi connectivity index (χ1) is 5.11. The number of rotatable bonds is 1. The molecule has 0 radical (unpaired) electrons. The lowest BCUT2D eigenvalue weighted by atomic mass is 10.3. The molecular weight excluding hydrogens is 140 g/mol. The topological polar surface area (TPSA) is 68.2 Å². The van der Waals surface area contributed by atoms with Crippen molar-refractivity contribution in [1.29, 1.82) is 0 Å². The maximum Gasteiger partial charge on any atom is 0.130 e. The molecule has 0 atom stereocenters. The largest absolute Gasteiger partial charge is 0.397 e. The van der Waals surface area contributed by atoms with E-state index in [0.29, 0.717) is 11.4 Å². The Morgan fingerprint density at radius 3 is 2.36 bits per heavy atom. The predicted molar refractivity (Wildman–Crippen MR) is 47.4 cm³/mol. The quantitative estimate of drug-likeness (QED) is 0.607. The molecule has 4 heteroatoms. The Morgan fingerprint density at radius 2 is 1.91 bits per heavy atom. The molecule has 0 aliphatic carbocycles. The molecule has 1 heterocycles. The standard InChI is InChI=1S/C7H12N4/c1-11(2)7-3-5(8)6(9)4-10-7/h3-4H,9H2,1-2H3,(H2,8,10). The molecular formula is C7H12N4. The normalized spacial score (nSPS) is 9.64. The molecule has 0 aliphatic heterocycles. The van der Waals surface area contributed by atoms with E-state index in [9.17, 15) is 0 Å². The SMILES string of the molecule is CN(C)c1cc(N)c(N)cn1. The molecule has 4 nitrogen and oxygen atoms in total. The first-order valence-corrected chi connectivity index (χ1v) is 3.29. The van der Waals surface area contributed by atoms with Gasteiger partial charge in [0.25, 0.3) is 0 Å². The summed E-state index contributed by atoms with van der Waals surface area (Å²) in [4.78, 5) is 5.93. The third kappa shape index (κ3) is 1.52. The lowest BCUT2D eigenvalue weighted by molar-refractivity contribution is 1.07. The molecule has 11 heavy (non-hydrogen) atoms. The summed E-state index contributed by atoms with van der Waals surface area (Å²) in [5, 5.41) is 0. The Labute approximate surface area is 65.8 Å². The van der Waals surface area contributed by atoms with Crippen LogP contribution in [0.5, 0.6) is 0 Å². The number of nitrogens with two attached hydrogens (primary N) is 2. The van der Waals surface area contributed by atoms with Crippen LogP contribution in [0.1, 0.15) is 0 Å². The van der Waals surface area contributed by atoms with Gasteiger partial charge in [-0.05, 0) is 0 Å². The fraction of sp³-hybridized carbons (Fsp3) is 0.286. The van der Waals surface area contributed by atoms with Gasteiger partial charge in [0.1, 0.15) is 5.82 Å². The number of pyridine rings is 1. The van der Waals surface area contributed by atoms with E-state index in [1.54, 1.807) is 12.3 Å². The van der Waals surface area contributed by atoms with Crippen molar-refractivity contribution < 1.29 is 0 Å². The molecule has 0 unspecified atom stereocenters. The number of aromatic nitrogens is 1. The van der Waals surface area contributed by atoms with E-state index in [-0.39, 0.29) is 0 Å². The van der Waals surface area contributed by atoms with Gasteiger partial charge < -0.3 is 16.4 Å². The Hall–Kier alpha value is -1.45. The number of hydrogen-bond acceptors (Lipinski definition) is 4. The smallest absolute Gasteiger partial charge is 0.130 e. The van der Waals surface area contributed by atoms with Crippen molar-refractivity contribution in [3.05, 3.63) is 12.3 Å². The summed E-state index contributed by atoms with van der Waals surface area (Å²) in [6, 6.07) is 1.75. The molecule has 60 valence electrons. The average molecular weight is 152 g/mol. The summed E-state index contributed by atoms with van der Waals surface area (Å²) in [5.41, 5.74) is 12.1. The van der Waals surface area contributed by atoms with E-state index >= 15 is 0 Å². The fourth-order valence-corrected chi connectivity index (χ4v) is 0.714. The molecule has 0 spiro atoms. The molecule has 1 aromatic rings. The van der Waals surface area contributed by atoms with Crippen LogP contribution in [0.3, 0.4) is 0 Å². The van der Waals surface area contributed by atoms with E-state index in [1.165, 1.54) is 0 Å². The van der Waals surface area contributed by atoms with Crippen LogP contribution in [-0.4, -0.2) is 19.1 Å². The summed E-state index contributed by atoms with van der Waals surface area (Å²) < 4.78 is 0. The first-order valence-electron chi connectivity index (χ1n) is 3.29. The minimum absolute atomic E-state index is 0.524. The first kappa shape index (κ1) is 7.65. The number of hydrogen-bond donors (Lipinski definition) is 2. The molecule has 0 aromatic carbocycles. The van der Waals surface area contributed by atoms with Crippen molar-refractivity contribution in [3.8, 4) is 0 Å². The molecule has 1 rings (SSSR count). The van der Waals surface area contributed by atoms with E-state index in [1.807, 2.05) is 19.0 Å². The molecule has 1 aromatic heterocycles. The number of anilines is 3. The Morgan fingerprint density at radius 1 is 1.27 bits per heavy atom. The molecule has 4 N–H and O–H groups in total. The summed E-state index contributed by atoms with van der Waals surface area (Å²) in [6.07, 6.45) is 1.56. The lowest BCUT2D eigenvalue weighted by Crippen LogP contribution is -2.11. The highest BCUT2D eigenvalue weighted by Crippen LogP contribution is 2.17. The maximum atomic E-state index is 5.57. The zero-order chi connectivity index (χ0) is 8.43. The van der Waals surface area contributed by atoms with Gasteiger partial charge in [-0.2, -0.15) is 0 Å². The molecule has 0 saturated carbocycles. The van der Waals surface area contributed by atoms with Gasteiger partial charge in [0.05, 0.1) is 17.6 Å². The van der Waals surface area contributed by atoms with Crippen LogP contribution in [-0.2, 0) is 0 Å². The van der Waals surface area contributed by atoms with Crippen LogP contribution in [0.25, 0.3) is 0 Å². The third-order valence-electron chi connectivity index (χ3n) is 1.41. The van der Waals surface area contributed by atoms with Crippen molar-refractivity contribution in [2.75, 3.05) is 30.5 Å². The highest BCUT2D eigenvalue weighted by molar-refractivity contribution is 5.65. The van der Waals surface area contributed by atoms with Crippen LogP contribution in [0.2, 0.25) is 0 Å². The van der Waals surface area contributed by atoms with Crippen LogP contribution < -0.4 is 16.4 Å². The highest BCUT2D eigenvalue weighted by atomic mass is 15.1. The van der Waals surface area contributed by atoms with Crippen LogP contribution in [0.4, 0.5) is 17.2 Å². The van der Waals surface area contributed by atoms with E-state index in [4.69, 9.17) is 11.5 Å². The van der Waals surface area contributed by atoms with Gasteiger partial charge in [0.2, 0.25) is 0 Å². The molecule has 0 bridgehead atoms. The van der Waals surface area contributed by atoms with Gasteiger partial charge in [0, 0.05) is 20.2 Å². The van der Waals surface area contributed by atoms with Gasteiger partial charge in [-0.3, -0.25) is 0 Å². The third-order valence-corrected chi connectivity index (χ3v) is 1.41. The Bertz CT molecular complexity index is 257. The van der Waals surface area contributed by atoms with Gasteiger partial charge in [-0.15, -0.1) is 0 Å². The second-order valence-electron chi connectivity index (χ2n) is 2.57. The second kappa shape index (κ2) is 2.65. The van der Waals surface area contributed by atoms with Crippen molar-refractivity contribution in [1.82, 2.24) is 4.98 Å². The van der Waals surface area contributed by atoms with Crippen molar-refractivity contribution in [3.63, 3.8) is 0 Å². The Kier molecular flexibility index (Phi) is 1.85. The summed E-state index contributed by atoms with van der Waals surface area (Å²) >= 11 is 0. The Balaban J connectivity index is 3.05. The van der Waals surface area contributed by atoms with Crippen LogP contribution >= 0.6 is 0 Å². The minimum Gasteiger partial charge on any atom is -0.397 e. The van der Waals surface area contributed by atoms with Gasteiger partial charge in [-0.1, -0.05) is 0 Å². The summed E-state index contributed by atoms with van der Waals surface area (Å²) in [5.74, 6) is 0.816. The average Bonchev–Trinajstić information content (AvgIpc) is 1.94. The van der Waals surface area contributed by atoms with Gasteiger partial charge in [0.15, 0.2) is 0 Å². The summed E-state index contributed by atoms with van der Waals surface area (Å²) in [7, 11) is 3.80. The van der Waals surface area contributed by atoms with Crippen molar-refractivity contribution in [2.45, 2.75) is 0 Å². The van der Waals surface area contributed by atoms with Crippen LogP contribution in [0, 0.1) is 0 Å². The summed E-state index contributed by atoms with van der Waals surface area (Å²) in [6.45, 7) is 0. The molecule has 0 fully saturated rings. The fourth-order valence-electron chi connectivity index (χ4n) is 0.714.